The van der Waals surface area contributed by atoms with Gasteiger partial charge in [-0.1, -0.05) is 6.92 Å². The first kappa shape index (κ1) is 27.3. The van der Waals surface area contributed by atoms with E-state index in [2.05, 4.69) is 4.74 Å². The van der Waals surface area contributed by atoms with Gasteiger partial charge < -0.3 is 19.3 Å². The summed E-state index contributed by atoms with van der Waals surface area (Å²) in [5, 5.41) is 8.72. The number of halogens is 3. The quantitative estimate of drug-likeness (QED) is 0.461. The molecule has 0 saturated carbocycles. The topological polar surface area (TPSA) is 102 Å². The molecular weight excluding hydrogens is 479 g/mol. The number of nitrogens with zero attached hydrogens (tertiary/aromatic N) is 1. The highest BCUT2D eigenvalue weighted by molar-refractivity contribution is 7.89. The van der Waals surface area contributed by atoms with Crippen LogP contribution in [0, 0.1) is 6.92 Å². The highest BCUT2D eigenvalue weighted by Crippen LogP contribution is 2.27. The van der Waals surface area contributed by atoms with Gasteiger partial charge in [-0.15, -0.1) is 13.2 Å². The minimum Gasteiger partial charge on any atom is -0.489 e. The molecular formula is C22H26F3NO7S. The number of aryl methyl sites for hydroxylation is 1. The van der Waals surface area contributed by atoms with Crippen LogP contribution in [0.2, 0.25) is 0 Å². The Balaban J connectivity index is 2.11. The lowest BCUT2D eigenvalue weighted by atomic mass is 10.2. The number of rotatable bonds is 12. The average Bonchev–Trinajstić information content (AvgIpc) is 2.72. The van der Waals surface area contributed by atoms with Crippen LogP contribution in [0.5, 0.6) is 17.2 Å². The van der Waals surface area contributed by atoms with Gasteiger partial charge in [0.2, 0.25) is 10.0 Å². The van der Waals surface area contributed by atoms with Crippen LogP contribution in [0.4, 0.5) is 13.2 Å². The lowest BCUT2D eigenvalue weighted by Gasteiger charge is -2.26. The molecule has 188 valence electrons. The van der Waals surface area contributed by atoms with Gasteiger partial charge >= 0.3 is 12.3 Å². The minimum absolute atomic E-state index is 0.00666. The fourth-order valence-corrected chi connectivity index (χ4v) is 4.68. The largest absolute Gasteiger partial charge is 0.573 e. The van der Waals surface area contributed by atoms with Crippen molar-refractivity contribution in [1.29, 1.82) is 0 Å². The molecule has 0 aromatic heterocycles. The zero-order valence-corrected chi connectivity index (χ0v) is 19.6. The fraction of sp³-hybridized carbons (Fsp3) is 0.409. The zero-order chi connectivity index (χ0) is 25.5. The lowest BCUT2D eigenvalue weighted by Crippen LogP contribution is -2.39. The van der Waals surface area contributed by atoms with Crippen LogP contribution in [0.15, 0.2) is 47.4 Å². The Hall–Kier alpha value is -2.99. The van der Waals surface area contributed by atoms with E-state index in [-0.39, 0.29) is 18.0 Å². The van der Waals surface area contributed by atoms with Crippen molar-refractivity contribution in [2.24, 2.45) is 0 Å². The first-order chi connectivity index (χ1) is 15.8. The molecule has 1 N–H and O–H groups in total. The van der Waals surface area contributed by atoms with Crippen LogP contribution in [0.25, 0.3) is 0 Å². The molecule has 2 aromatic rings. The number of sulfonamides is 1. The van der Waals surface area contributed by atoms with E-state index in [9.17, 15) is 26.4 Å². The standard InChI is InChI=1S/C22H26F3NO7S/c1-4-11-26(34(29,30)19-8-5-17(6-9-19)33-22(23,24)25)13-16(3)32-18-7-10-20(15(2)12-18)31-14-21(27)28/h5-10,12,16H,4,11,13-14H2,1-3H3,(H,27,28)/t16-/m1/s1. The van der Waals surface area contributed by atoms with Crippen molar-refractivity contribution in [3.05, 3.63) is 48.0 Å². The third-order valence-corrected chi connectivity index (χ3v) is 6.34. The molecule has 0 aliphatic carbocycles. The second-order valence-corrected chi connectivity index (χ2v) is 9.36. The summed E-state index contributed by atoms with van der Waals surface area (Å²) in [6.45, 7) is 4.89. The molecule has 0 unspecified atom stereocenters. The van der Waals surface area contributed by atoms with E-state index in [1.165, 1.54) is 4.31 Å². The number of benzene rings is 2. The van der Waals surface area contributed by atoms with Crippen LogP contribution < -0.4 is 14.2 Å². The van der Waals surface area contributed by atoms with Crippen molar-refractivity contribution in [1.82, 2.24) is 4.31 Å². The smallest absolute Gasteiger partial charge is 0.489 e. The SMILES string of the molecule is CCCN(C[C@@H](C)Oc1ccc(OCC(=O)O)c(C)c1)S(=O)(=O)c1ccc(OC(F)(F)F)cc1. The van der Waals surface area contributed by atoms with E-state index < -0.39 is 40.8 Å². The Labute approximate surface area is 195 Å². The molecule has 0 aliphatic rings. The monoisotopic (exact) mass is 505 g/mol. The molecule has 1 atom stereocenters. The first-order valence-corrected chi connectivity index (χ1v) is 11.7. The molecule has 12 heteroatoms. The van der Waals surface area contributed by atoms with E-state index in [1.807, 2.05) is 0 Å². The number of carboxylic acid groups (broad SMARTS) is 1. The number of carbonyl (C=O) groups is 1. The molecule has 2 rings (SSSR count). The minimum atomic E-state index is -4.87. The van der Waals surface area contributed by atoms with Gasteiger partial charge in [-0.3, -0.25) is 0 Å². The second kappa shape index (κ2) is 11.4. The van der Waals surface area contributed by atoms with Crippen molar-refractivity contribution in [3.63, 3.8) is 0 Å². The maximum absolute atomic E-state index is 13.1. The van der Waals surface area contributed by atoms with E-state index in [0.29, 0.717) is 23.5 Å². The molecule has 0 radical (unpaired) electrons. The molecule has 8 nitrogen and oxygen atoms in total. The summed E-state index contributed by atoms with van der Waals surface area (Å²) < 4.78 is 79.2. The normalized spacial score (nSPS) is 12.9. The third kappa shape index (κ3) is 8.10. The van der Waals surface area contributed by atoms with Gasteiger partial charge in [0.1, 0.15) is 23.4 Å². The van der Waals surface area contributed by atoms with Crippen LogP contribution in [-0.4, -0.2) is 56.0 Å². The molecule has 0 heterocycles. The predicted octanol–water partition coefficient (Wildman–Crippen LogP) is 4.23. The summed E-state index contributed by atoms with van der Waals surface area (Å²) in [6, 6.07) is 8.80. The molecule has 34 heavy (non-hydrogen) atoms. The zero-order valence-electron chi connectivity index (χ0n) is 18.8. The number of alkyl halides is 3. The van der Waals surface area contributed by atoms with Crippen LogP contribution in [0.3, 0.4) is 0 Å². The maximum Gasteiger partial charge on any atom is 0.573 e. The summed E-state index contributed by atoms with van der Waals surface area (Å²) in [6.07, 6.45) is -4.93. The summed E-state index contributed by atoms with van der Waals surface area (Å²) in [4.78, 5) is 10.5. The lowest BCUT2D eigenvalue weighted by molar-refractivity contribution is -0.274. The Kier molecular flexibility index (Phi) is 9.16. The van der Waals surface area contributed by atoms with Gasteiger partial charge in [0.25, 0.3) is 0 Å². The predicted molar refractivity (Wildman–Crippen MR) is 117 cm³/mol. The van der Waals surface area contributed by atoms with E-state index in [0.717, 1.165) is 24.3 Å². The van der Waals surface area contributed by atoms with Gasteiger partial charge in [0.05, 0.1) is 11.4 Å². The van der Waals surface area contributed by atoms with E-state index in [4.69, 9.17) is 14.6 Å². The maximum atomic E-state index is 13.1. The number of hydrogen-bond donors (Lipinski definition) is 1. The Bertz CT molecular complexity index is 1070. The third-order valence-electron chi connectivity index (χ3n) is 4.46. The molecule has 0 bridgehead atoms. The van der Waals surface area contributed by atoms with Gasteiger partial charge in [-0.25, -0.2) is 13.2 Å². The number of hydrogen-bond acceptors (Lipinski definition) is 6. The van der Waals surface area contributed by atoms with Gasteiger partial charge in [0.15, 0.2) is 6.61 Å². The second-order valence-electron chi connectivity index (χ2n) is 7.42. The highest BCUT2D eigenvalue weighted by Gasteiger charge is 2.31. The fourth-order valence-electron chi connectivity index (χ4n) is 3.07. The van der Waals surface area contributed by atoms with Gasteiger partial charge in [-0.2, -0.15) is 4.31 Å². The Morgan fingerprint density at radius 2 is 1.74 bits per heavy atom. The Morgan fingerprint density at radius 1 is 1.12 bits per heavy atom. The Morgan fingerprint density at radius 3 is 2.26 bits per heavy atom. The number of carboxylic acids is 1. The van der Waals surface area contributed by atoms with Crippen molar-refractivity contribution in [3.8, 4) is 17.2 Å². The first-order valence-electron chi connectivity index (χ1n) is 10.3. The molecule has 0 fully saturated rings. The van der Waals surface area contributed by atoms with Crippen molar-refractivity contribution in [2.75, 3.05) is 19.7 Å². The molecule has 0 saturated heterocycles. The number of ether oxygens (including phenoxy) is 3. The summed E-state index contributed by atoms with van der Waals surface area (Å²) in [5.74, 6) is -0.796. The summed E-state index contributed by atoms with van der Waals surface area (Å²) >= 11 is 0. The highest BCUT2D eigenvalue weighted by atomic mass is 32.2. The summed E-state index contributed by atoms with van der Waals surface area (Å²) in [5.41, 5.74) is 0.644. The van der Waals surface area contributed by atoms with Crippen molar-refractivity contribution < 1.29 is 45.7 Å². The molecule has 0 spiro atoms. The van der Waals surface area contributed by atoms with Gasteiger partial charge in [-0.05, 0) is 68.3 Å². The molecule has 0 aliphatic heterocycles. The summed E-state index contributed by atoms with van der Waals surface area (Å²) in [7, 11) is -4.00. The van der Waals surface area contributed by atoms with E-state index in [1.54, 1.807) is 39.0 Å². The van der Waals surface area contributed by atoms with Crippen molar-refractivity contribution in [2.45, 2.75) is 44.6 Å². The van der Waals surface area contributed by atoms with Crippen LogP contribution >= 0.6 is 0 Å². The molecule has 2 aromatic carbocycles. The number of aliphatic carboxylic acids is 1. The average molecular weight is 506 g/mol. The molecule has 0 amide bonds. The van der Waals surface area contributed by atoms with E-state index >= 15 is 0 Å². The van der Waals surface area contributed by atoms with Crippen LogP contribution in [-0.2, 0) is 14.8 Å². The van der Waals surface area contributed by atoms with Gasteiger partial charge in [0, 0.05) is 6.54 Å². The van der Waals surface area contributed by atoms with Crippen LogP contribution in [0.1, 0.15) is 25.8 Å². The van der Waals surface area contributed by atoms with Crippen molar-refractivity contribution >= 4 is 16.0 Å².